The second kappa shape index (κ2) is 9.26. The quantitative estimate of drug-likeness (QED) is 0.356. The number of aryl methyl sites for hydroxylation is 1. The normalized spacial score (nSPS) is 11.0. The monoisotopic (exact) mass is 451 g/mol. The van der Waals surface area contributed by atoms with Gasteiger partial charge in [0.15, 0.2) is 5.96 Å². The Kier molecular flexibility index (Phi) is 7.05. The minimum absolute atomic E-state index is 0. The molecule has 0 radical (unpaired) electrons. The minimum Gasteiger partial charge on any atom is -0.467 e. The summed E-state index contributed by atoms with van der Waals surface area (Å²) in [4.78, 5) is 4.24. The van der Waals surface area contributed by atoms with Crippen LogP contribution in [0.25, 0.3) is 11.3 Å². The predicted molar refractivity (Wildman–Crippen MR) is 110 cm³/mol. The average Bonchev–Trinajstić information content (AvgIpc) is 3.25. The molecule has 0 spiro atoms. The molecule has 7 heteroatoms. The van der Waals surface area contributed by atoms with Crippen LogP contribution in [-0.2, 0) is 20.1 Å². The van der Waals surface area contributed by atoms with E-state index in [0.29, 0.717) is 19.0 Å². The van der Waals surface area contributed by atoms with Crippen LogP contribution in [0.5, 0.6) is 0 Å². The molecule has 0 saturated carbocycles. The van der Waals surface area contributed by atoms with E-state index in [2.05, 4.69) is 32.9 Å². The van der Waals surface area contributed by atoms with E-state index in [1.165, 1.54) is 0 Å². The number of rotatable bonds is 5. The first-order chi connectivity index (χ1) is 11.8. The third-order valence-corrected chi connectivity index (χ3v) is 3.63. The molecule has 1 aromatic carbocycles. The Morgan fingerprint density at radius 1 is 1.12 bits per heavy atom. The minimum atomic E-state index is 0. The van der Waals surface area contributed by atoms with E-state index in [9.17, 15) is 0 Å². The van der Waals surface area contributed by atoms with E-state index in [1.54, 1.807) is 13.3 Å². The number of aliphatic imine (C=N–C) groups is 1. The van der Waals surface area contributed by atoms with Crippen molar-refractivity contribution in [3.63, 3.8) is 0 Å². The SMILES string of the molecule is CN=C(NCc1ccco1)NCc1cn(C)nc1-c1ccccc1.I. The largest absolute Gasteiger partial charge is 0.467 e. The summed E-state index contributed by atoms with van der Waals surface area (Å²) in [5.74, 6) is 1.58. The molecule has 0 aliphatic carbocycles. The van der Waals surface area contributed by atoms with Gasteiger partial charge in [-0.15, -0.1) is 24.0 Å². The van der Waals surface area contributed by atoms with Gasteiger partial charge in [0, 0.05) is 38.0 Å². The molecule has 2 aromatic heterocycles. The maximum Gasteiger partial charge on any atom is 0.191 e. The van der Waals surface area contributed by atoms with Crippen LogP contribution < -0.4 is 10.6 Å². The van der Waals surface area contributed by atoms with Gasteiger partial charge in [-0.05, 0) is 12.1 Å². The molecule has 25 heavy (non-hydrogen) atoms. The molecule has 2 N–H and O–H groups in total. The third-order valence-electron chi connectivity index (χ3n) is 3.63. The van der Waals surface area contributed by atoms with Gasteiger partial charge in [-0.2, -0.15) is 5.10 Å². The Morgan fingerprint density at radius 3 is 2.56 bits per heavy atom. The van der Waals surface area contributed by atoms with Gasteiger partial charge in [-0.25, -0.2) is 0 Å². The van der Waals surface area contributed by atoms with Crippen molar-refractivity contribution in [2.24, 2.45) is 12.0 Å². The van der Waals surface area contributed by atoms with E-state index in [4.69, 9.17) is 4.42 Å². The molecular weight excluding hydrogens is 429 g/mol. The Hall–Kier alpha value is -2.29. The summed E-state index contributed by atoms with van der Waals surface area (Å²) >= 11 is 0. The van der Waals surface area contributed by atoms with E-state index >= 15 is 0 Å². The van der Waals surface area contributed by atoms with Crippen molar-refractivity contribution in [3.05, 3.63) is 66.2 Å². The van der Waals surface area contributed by atoms with Crippen molar-refractivity contribution < 1.29 is 4.42 Å². The zero-order chi connectivity index (χ0) is 16.8. The maximum atomic E-state index is 5.31. The van der Waals surface area contributed by atoms with Crippen LogP contribution in [0.15, 0.2) is 64.3 Å². The number of hydrogen-bond donors (Lipinski definition) is 2. The van der Waals surface area contributed by atoms with Crippen LogP contribution >= 0.6 is 24.0 Å². The molecular formula is C18H22IN5O. The van der Waals surface area contributed by atoms with Gasteiger partial charge in [0.25, 0.3) is 0 Å². The first-order valence-corrected chi connectivity index (χ1v) is 7.81. The molecule has 3 rings (SSSR count). The summed E-state index contributed by atoms with van der Waals surface area (Å²) in [5.41, 5.74) is 3.20. The molecule has 0 atom stereocenters. The van der Waals surface area contributed by atoms with Crippen LogP contribution in [0, 0.1) is 0 Å². The molecule has 0 aliphatic rings. The number of benzene rings is 1. The topological polar surface area (TPSA) is 67.4 Å². The lowest BCUT2D eigenvalue weighted by Crippen LogP contribution is -2.36. The fourth-order valence-corrected chi connectivity index (χ4v) is 2.49. The summed E-state index contributed by atoms with van der Waals surface area (Å²) in [6, 6.07) is 14.0. The molecule has 0 fully saturated rings. The highest BCUT2D eigenvalue weighted by Crippen LogP contribution is 2.21. The number of nitrogens with zero attached hydrogens (tertiary/aromatic N) is 3. The summed E-state index contributed by atoms with van der Waals surface area (Å²) in [7, 11) is 3.68. The zero-order valence-electron chi connectivity index (χ0n) is 14.3. The Bertz CT molecular complexity index is 796. The Labute approximate surface area is 164 Å². The second-order valence-electron chi connectivity index (χ2n) is 5.40. The smallest absolute Gasteiger partial charge is 0.191 e. The fraction of sp³-hybridized carbons (Fsp3) is 0.222. The van der Waals surface area contributed by atoms with Gasteiger partial charge < -0.3 is 15.1 Å². The average molecular weight is 451 g/mol. The highest BCUT2D eigenvalue weighted by Gasteiger charge is 2.10. The Morgan fingerprint density at radius 2 is 1.88 bits per heavy atom. The van der Waals surface area contributed by atoms with Crippen molar-refractivity contribution in [2.45, 2.75) is 13.1 Å². The lowest BCUT2D eigenvalue weighted by atomic mass is 10.1. The molecule has 6 nitrogen and oxygen atoms in total. The van der Waals surface area contributed by atoms with Crippen LogP contribution in [0.4, 0.5) is 0 Å². The molecule has 2 heterocycles. The summed E-state index contributed by atoms with van der Waals surface area (Å²) in [6.07, 6.45) is 3.68. The number of halogens is 1. The number of nitrogens with one attached hydrogen (secondary N) is 2. The summed E-state index contributed by atoms with van der Waals surface area (Å²) < 4.78 is 7.14. The van der Waals surface area contributed by atoms with Gasteiger partial charge in [0.2, 0.25) is 0 Å². The molecule has 0 amide bonds. The lowest BCUT2D eigenvalue weighted by molar-refractivity contribution is 0.501. The van der Waals surface area contributed by atoms with Gasteiger partial charge >= 0.3 is 0 Å². The van der Waals surface area contributed by atoms with Gasteiger partial charge in [-0.1, -0.05) is 30.3 Å². The highest BCUT2D eigenvalue weighted by atomic mass is 127. The summed E-state index contributed by atoms with van der Waals surface area (Å²) in [5, 5.41) is 11.1. The van der Waals surface area contributed by atoms with E-state index in [0.717, 1.165) is 22.6 Å². The van der Waals surface area contributed by atoms with Crippen molar-refractivity contribution in [1.82, 2.24) is 20.4 Å². The molecule has 3 aromatic rings. The lowest BCUT2D eigenvalue weighted by Gasteiger charge is -2.11. The predicted octanol–water partition coefficient (Wildman–Crippen LogP) is 3.16. The van der Waals surface area contributed by atoms with E-state index in [-0.39, 0.29) is 24.0 Å². The standard InChI is InChI=1S/C18H21N5O.HI/c1-19-18(21-12-16-9-6-10-24-16)20-11-15-13-23(2)22-17(15)14-7-4-3-5-8-14;/h3-10,13H,11-12H2,1-2H3,(H2,19,20,21);1H. The van der Waals surface area contributed by atoms with Crippen LogP contribution in [0.2, 0.25) is 0 Å². The zero-order valence-corrected chi connectivity index (χ0v) is 16.6. The molecule has 0 aliphatic heterocycles. The van der Waals surface area contributed by atoms with E-state index in [1.807, 2.05) is 48.3 Å². The van der Waals surface area contributed by atoms with Gasteiger partial charge in [0.05, 0.1) is 18.5 Å². The first kappa shape index (κ1) is 19.0. The highest BCUT2D eigenvalue weighted by molar-refractivity contribution is 14.0. The molecule has 0 unspecified atom stereocenters. The molecule has 0 saturated heterocycles. The third kappa shape index (κ3) is 5.09. The second-order valence-corrected chi connectivity index (χ2v) is 5.40. The van der Waals surface area contributed by atoms with Crippen molar-refractivity contribution >= 4 is 29.9 Å². The van der Waals surface area contributed by atoms with Crippen LogP contribution in [-0.4, -0.2) is 22.8 Å². The maximum absolute atomic E-state index is 5.31. The molecule has 0 bridgehead atoms. The summed E-state index contributed by atoms with van der Waals surface area (Å²) in [6.45, 7) is 1.22. The van der Waals surface area contributed by atoms with Crippen LogP contribution in [0.3, 0.4) is 0 Å². The van der Waals surface area contributed by atoms with Crippen LogP contribution in [0.1, 0.15) is 11.3 Å². The molecule has 132 valence electrons. The van der Waals surface area contributed by atoms with Crippen molar-refractivity contribution in [2.75, 3.05) is 7.05 Å². The van der Waals surface area contributed by atoms with Gasteiger partial charge in [0.1, 0.15) is 5.76 Å². The first-order valence-electron chi connectivity index (χ1n) is 7.81. The fourth-order valence-electron chi connectivity index (χ4n) is 2.49. The van der Waals surface area contributed by atoms with Crippen molar-refractivity contribution in [3.8, 4) is 11.3 Å². The van der Waals surface area contributed by atoms with E-state index < -0.39 is 0 Å². The number of guanidine groups is 1. The van der Waals surface area contributed by atoms with Crippen molar-refractivity contribution in [1.29, 1.82) is 0 Å². The van der Waals surface area contributed by atoms with Gasteiger partial charge in [-0.3, -0.25) is 9.67 Å². The Balaban J connectivity index is 0.00000225. The number of furan rings is 1. The number of hydrogen-bond acceptors (Lipinski definition) is 3. The number of aromatic nitrogens is 2.